The number of benzene rings is 2. The van der Waals surface area contributed by atoms with Gasteiger partial charge in [0.05, 0.1) is 11.4 Å². The first-order valence-electron chi connectivity index (χ1n) is 9.13. The van der Waals surface area contributed by atoms with Gasteiger partial charge in [-0.1, -0.05) is 22.0 Å². The summed E-state index contributed by atoms with van der Waals surface area (Å²) in [6, 6.07) is 9.83. The molecule has 1 aliphatic rings. The average molecular weight is 480 g/mol. The molecule has 0 bridgehead atoms. The number of hydrogen-bond donors (Lipinski definition) is 3. The maximum absolute atomic E-state index is 12.5. The smallest absolute Gasteiger partial charge is 0.252 e. The zero-order chi connectivity index (χ0) is 21.2. The molecule has 29 heavy (non-hydrogen) atoms. The van der Waals surface area contributed by atoms with Gasteiger partial charge in [-0.25, -0.2) is 13.1 Å². The summed E-state index contributed by atoms with van der Waals surface area (Å²) in [5, 5.41) is 5.29. The first-order chi connectivity index (χ1) is 13.7. The Kier molecular flexibility index (Phi) is 6.40. The van der Waals surface area contributed by atoms with Crippen LogP contribution >= 0.6 is 15.9 Å². The molecule has 154 valence electrons. The van der Waals surface area contributed by atoms with E-state index in [4.69, 9.17) is 0 Å². The van der Waals surface area contributed by atoms with Crippen LogP contribution in [0.15, 0.2) is 45.8 Å². The molecular formula is C20H22BrN3O4S. The Bertz CT molecular complexity index is 1070. The predicted molar refractivity (Wildman–Crippen MR) is 114 cm³/mol. The minimum Gasteiger partial charge on any atom is -0.343 e. The van der Waals surface area contributed by atoms with E-state index in [1.807, 2.05) is 19.1 Å². The molecular weight excluding hydrogens is 458 g/mol. The summed E-state index contributed by atoms with van der Waals surface area (Å²) in [7, 11) is -3.66. The van der Waals surface area contributed by atoms with Crippen molar-refractivity contribution in [2.24, 2.45) is 0 Å². The predicted octanol–water partition coefficient (Wildman–Crippen LogP) is 2.88. The Morgan fingerprint density at radius 3 is 2.45 bits per heavy atom. The van der Waals surface area contributed by atoms with Crippen LogP contribution < -0.4 is 15.4 Å². The molecule has 0 radical (unpaired) electrons. The highest BCUT2D eigenvalue weighted by Crippen LogP contribution is 2.23. The van der Waals surface area contributed by atoms with Crippen LogP contribution in [0.25, 0.3) is 0 Å². The second kappa shape index (κ2) is 8.64. The number of hydrogen-bond acceptors (Lipinski definition) is 4. The van der Waals surface area contributed by atoms with Gasteiger partial charge in [0.15, 0.2) is 0 Å². The number of halogens is 1. The van der Waals surface area contributed by atoms with E-state index in [1.165, 1.54) is 12.1 Å². The summed E-state index contributed by atoms with van der Waals surface area (Å²) in [5.74, 6) is -0.880. The lowest BCUT2D eigenvalue weighted by Crippen LogP contribution is -2.33. The average Bonchev–Trinajstić information content (AvgIpc) is 3.45. The van der Waals surface area contributed by atoms with Crippen LogP contribution in [0.2, 0.25) is 0 Å². The van der Waals surface area contributed by atoms with Crippen molar-refractivity contribution < 1.29 is 18.0 Å². The molecule has 2 amide bonds. The quantitative estimate of drug-likeness (QED) is 0.567. The number of aryl methyl sites for hydroxylation is 2. The molecule has 7 nitrogen and oxygen atoms in total. The fourth-order valence-electron chi connectivity index (χ4n) is 2.72. The van der Waals surface area contributed by atoms with Gasteiger partial charge in [0.25, 0.3) is 5.91 Å². The lowest BCUT2D eigenvalue weighted by molar-refractivity contribution is -0.115. The van der Waals surface area contributed by atoms with Crippen molar-refractivity contribution in [2.45, 2.75) is 37.6 Å². The fourth-order valence-corrected chi connectivity index (χ4v) is 4.53. The highest BCUT2D eigenvalue weighted by molar-refractivity contribution is 9.10. The van der Waals surface area contributed by atoms with E-state index in [2.05, 4.69) is 31.3 Å². The number of rotatable bonds is 7. The van der Waals surface area contributed by atoms with Crippen LogP contribution in [0.3, 0.4) is 0 Å². The summed E-state index contributed by atoms with van der Waals surface area (Å²) in [5.41, 5.74) is 2.38. The zero-order valence-corrected chi connectivity index (χ0v) is 18.5. The molecule has 0 atom stereocenters. The molecule has 0 spiro atoms. The maximum atomic E-state index is 12.5. The Hall–Kier alpha value is -2.23. The van der Waals surface area contributed by atoms with Crippen molar-refractivity contribution in [1.29, 1.82) is 0 Å². The van der Waals surface area contributed by atoms with Crippen LogP contribution in [0.5, 0.6) is 0 Å². The normalized spacial score (nSPS) is 13.8. The van der Waals surface area contributed by atoms with Gasteiger partial charge in [0.1, 0.15) is 0 Å². The lowest BCUT2D eigenvalue weighted by Gasteiger charge is -2.12. The van der Waals surface area contributed by atoms with Crippen LogP contribution in [0, 0.1) is 13.8 Å². The van der Waals surface area contributed by atoms with E-state index < -0.39 is 15.9 Å². The van der Waals surface area contributed by atoms with Gasteiger partial charge in [-0.05, 0) is 68.1 Å². The lowest BCUT2D eigenvalue weighted by atomic mass is 10.1. The molecule has 0 heterocycles. The van der Waals surface area contributed by atoms with Gasteiger partial charge in [-0.15, -0.1) is 0 Å². The molecule has 0 aliphatic heterocycles. The molecule has 3 rings (SSSR count). The van der Waals surface area contributed by atoms with E-state index in [0.717, 1.165) is 22.9 Å². The Labute approximate surface area is 178 Å². The summed E-state index contributed by atoms with van der Waals surface area (Å²) in [4.78, 5) is 24.8. The second-order valence-electron chi connectivity index (χ2n) is 7.06. The standard InChI is InChI=1S/C20H22BrN3O4S/c1-12-3-7-16(29(27,28)24-15-5-6-15)10-17(12)20(26)22-11-19(25)23-18-8-4-14(21)9-13(18)2/h3-4,7-10,15,24H,5-6,11H2,1-2H3,(H,22,26)(H,23,25). The number of carbonyl (C=O) groups is 2. The number of sulfonamides is 1. The minimum atomic E-state index is -3.66. The third-order valence-corrected chi connectivity index (χ3v) is 6.55. The van der Waals surface area contributed by atoms with E-state index in [9.17, 15) is 18.0 Å². The van der Waals surface area contributed by atoms with Crippen molar-refractivity contribution in [3.63, 3.8) is 0 Å². The van der Waals surface area contributed by atoms with Crippen LogP contribution in [-0.2, 0) is 14.8 Å². The topological polar surface area (TPSA) is 104 Å². The van der Waals surface area contributed by atoms with Crippen LogP contribution in [0.4, 0.5) is 5.69 Å². The number of carbonyl (C=O) groups excluding carboxylic acids is 2. The molecule has 1 fully saturated rings. The molecule has 9 heteroatoms. The van der Waals surface area contributed by atoms with E-state index in [0.29, 0.717) is 11.3 Å². The largest absolute Gasteiger partial charge is 0.343 e. The first-order valence-corrected chi connectivity index (χ1v) is 11.4. The summed E-state index contributed by atoms with van der Waals surface area (Å²) in [6.07, 6.45) is 1.65. The van der Waals surface area contributed by atoms with Gasteiger partial charge in [0.2, 0.25) is 15.9 Å². The van der Waals surface area contributed by atoms with Gasteiger partial charge in [0, 0.05) is 21.8 Å². The Balaban J connectivity index is 1.65. The van der Waals surface area contributed by atoms with Gasteiger partial charge in [-0.3, -0.25) is 9.59 Å². The third kappa shape index (κ3) is 5.65. The van der Waals surface area contributed by atoms with E-state index in [1.54, 1.807) is 19.1 Å². The van der Waals surface area contributed by atoms with Crippen molar-refractivity contribution >= 4 is 43.5 Å². The number of anilines is 1. The first kappa shape index (κ1) is 21.5. The third-order valence-electron chi connectivity index (χ3n) is 4.54. The van der Waals surface area contributed by atoms with Crippen LogP contribution in [0.1, 0.15) is 34.3 Å². The minimum absolute atomic E-state index is 0.0238. The van der Waals surface area contributed by atoms with Crippen molar-refractivity contribution in [1.82, 2.24) is 10.0 Å². The van der Waals surface area contributed by atoms with E-state index >= 15 is 0 Å². The highest BCUT2D eigenvalue weighted by atomic mass is 79.9. The number of amides is 2. The van der Waals surface area contributed by atoms with Gasteiger partial charge >= 0.3 is 0 Å². The summed E-state index contributed by atoms with van der Waals surface area (Å²) >= 11 is 3.36. The molecule has 3 N–H and O–H groups in total. The molecule has 0 saturated heterocycles. The maximum Gasteiger partial charge on any atom is 0.252 e. The second-order valence-corrected chi connectivity index (χ2v) is 9.69. The van der Waals surface area contributed by atoms with Crippen molar-refractivity contribution in [2.75, 3.05) is 11.9 Å². The highest BCUT2D eigenvalue weighted by Gasteiger charge is 2.28. The molecule has 1 saturated carbocycles. The monoisotopic (exact) mass is 479 g/mol. The molecule has 2 aromatic carbocycles. The van der Waals surface area contributed by atoms with E-state index in [-0.39, 0.29) is 29.0 Å². The van der Waals surface area contributed by atoms with Gasteiger partial charge in [-0.2, -0.15) is 0 Å². The summed E-state index contributed by atoms with van der Waals surface area (Å²) < 4.78 is 28.3. The molecule has 0 aromatic heterocycles. The van der Waals surface area contributed by atoms with Crippen molar-refractivity contribution in [3.05, 3.63) is 57.6 Å². The van der Waals surface area contributed by atoms with Crippen LogP contribution in [-0.4, -0.2) is 32.8 Å². The Morgan fingerprint density at radius 1 is 1.07 bits per heavy atom. The SMILES string of the molecule is Cc1cc(Br)ccc1NC(=O)CNC(=O)c1cc(S(=O)(=O)NC2CC2)ccc1C. The molecule has 0 unspecified atom stereocenters. The van der Waals surface area contributed by atoms with Crippen molar-refractivity contribution in [3.8, 4) is 0 Å². The fraction of sp³-hybridized carbons (Fsp3) is 0.300. The molecule has 2 aromatic rings. The Morgan fingerprint density at radius 2 is 1.79 bits per heavy atom. The number of nitrogens with one attached hydrogen (secondary N) is 3. The van der Waals surface area contributed by atoms with Gasteiger partial charge < -0.3 is 10.6 Å². The zero-order valence-electron chi connectivity index (χ0n) is 16.1. The summed E-state index contributed by atoms with van der Waals surface area (Å²) in [6.45, 7) is 3.35. The molecule has 1 aliphatic carbocycles.